The molecule has 7 heteroatoms. The molecule has 0 bridgehead atoms. The van der Waals surface area contributed by atoms with Gasteiger partial charge in [0.1, 0.15) is 11.5 Å². The number of carbonyl (C=O) groups excluding carboxylic acids is 2. The van der Waals surface area contributed by atoms with E-state index in [1.165, 1.54) is 29.2 Å². The van der Waals surface area contributed by atoms with Crippen molar-refractivity contribution in [3.05, 3.63) is 59.5 Å². The van der Waals surface area contributed by atoms with E-state index in [1.807, 2.05) is 6.92 Å². The Morgan fingerprint density at radius 1 is 1.04 bits per heavy atom. The molecule has 4 rings (SSSR count). The number of fused-ring (bicyclic) bond motifs is 1. The van der Waals surface area contributed by atoms with Gasteiger partial charge in [-0.1, -0.05) is 25.5 Å². The second kappa shape index (κ2) is 7.34. The summed E-state index contributed by atoms with van der Waals surface area (Å²) in [6.45, 7) is 2.47. The molecule has 0 unspecified atom stereocenters. The predicted octanol–water partition coefficient (Wildman–Crippen LogP) is 3.55. The number of amides is 2. The Bertz CT molecular complexity index is 969. The molecule has 0 spiro atoms. The van der Waals surface area contributed by atoms with Crippen molar-refractivity contribution in [1.82, 2.24) is 4.90 Å². The van der Waals surface area contributed by atoms with Crippen LogP contribution in [-0.4, -0.2) is 30.1 Å². The molecule has 28 heavy (non-hydrogen) atoms. The lowest BCUT2D eigenvalue weighted by atomic mass is 10.0. The van der Waals surface area contributed by atoms with Crippen LogP contribution in [0.1, 0.15) is 25.3 Å². The molecule has 2 amide bonds. The maximum Gasteiger partial charge on any atom is 0.278 e. The fourth-order valence-electron chi connectivity index (χ4n) is 3.21. The van der Waals surface area contributed by atoms with Crippen LogP contribution in [0.3, 0.4) is 0 Å². The van der Waals surface area contributed by atoms with Crippen LogP contribution < -0.4 is 14.8 Å². The van der Waals surface area contributed by atoms with Gasteiger partial charge in [0, 0.05) is 18.3 Å². The molecule has 0 saturated carbocycles. The number of ether oxygens (including phenoxy) is 2. The Hall–Kier alpha value is -3.35. The molecule has 0 atom stereocenters. The maximum absolute atomic E-state index is 13.3. The summed E-state index contributed by atoms with van der Waals surface area (Å²) in [5.74, 6) is 0.00298. The summed E-state index contributed by atoms with van der Waals surface area (Å²) in [6, 6.07) is 10.7. The van der Waals surface area contributed by atoms with Crippen molar-refractivity contribution in [3.63, 3.8) is 0 Å². The summed E-state index contributed by atoms with van der Waals surface area (Å²) in [4.78, 5) is 27.2. The lowest BCUT2D eigenvalue weighted by molar-refractivity contribution is -0.136. The summed E-state index contributed by atoms with van der Waals surface area (Å²) in [6.07, 6.45) is 1.57. The Labute approximate surface area is 161 Å². The molecule has 6 nitrogen and oxygen atoms in total. The molecule has 2 aromatic carbocycles. The molecular weight excluding hydrogens is 363 g/mol. The van der Waals surface area contributed by atoms with Gasteiger partial charge in [0.25, 0.3) is 11.8 Å². The lowest BCUT2D eigenvalue weighted by Gasteiger charge is -2.14. The zero-order valence-electron chi connectivity index (χ0n) is 15.3. The van der Waals surface area contributed by atoms with Crippen molar-refractivity contribution in [1.29, 1.82) is 0 Å². The molecular formula is C21H19FN2O4. The normalized spacial score (nSPS) is 15.6. The molecule has 0 aliphatic carbocycles. The maximum atomic E-state index is 13.3. The van der Waals surface area contributed by atoms with Crippen molar-refractivity contribution >= 4 is 23.1 Å². The number of rotatable bonds is 6. The van der Waals surface area contributed by atoms with Crippen molar-refractivity contribution < 1.29 is 23.5 Å². The quantitative estimate of drug-likeness (QED) is 0.774. The van der Waals surface area contributed by atoms with Crippen LogP contribution >= 0.6 is 0 Å². The molecule has 2 aliphatic heterocycles. The van der Waals surface area contributed by atoms with Gasteiger partial charge in [-0.2, -0.15) is 0 Å². The highest BCUT2D eigenvalue weighted by molar-refractivity contribution is 6.36. The van der Waals surface area contributed by atoms with Gasteiger partial charge < -0.3 is 14.8 Å². The van der Waals surface area contributed by atoms with E-state index in [0.29, 0.717) is 35.7 Å². The topological polar surface area (TPSA) is 67.9 Å². The van der Waals surface area contributed by atoms with Gasteiger partial charge in [-0.05, 0) is 36.2 Å². The third-order valence-electron chi connectivity index (χ3n) is 4.68. The monoisotopic (exact) mass is 382 g/mol. The van der Waals surface area contributed by atoms with E-state index in [-0.39, 0.29) is 24.0 Å². The molecule has 2 aromatic rings. The van der Waals surface area contributed by atoms with E-state index in [9.17, 15) is 14.0 Å². The Morgan fingerprint density at radius 3 is 2.54 bits per heavy atom. The lowest BCUT2D eigenvalue weighted by Crippen LogP contribution is -2.33. The molecule has 0 radical (unpaired) electrons. The van der Waals surface area contributed by atoms with Gasteiger partial charge in [-0.25, -0.2) is 4.39 Å². The molecule has 1 N–H and O–H groups in total. The first-order chi connectivity index (χ1) is 13.6. The average Bonchev–Trinajstić information content (AvgIpc) is 3.24. The zero-order valence-corrected chi connectivity index (χ0v) is 15.3. The molecule has 0 fully saturated rings. The van der Waals surface area contributed by atoms with E-state index in [2.05, 4.69) is 5.32 Å². The zero-order chi connectivity index (χ0) is 19.7. The van der Waals surface area contributed by atoms with Gasteiger partial charge in [0.15, 0.2) is 11.5 Å². The largest absolute Gasteiger partial charge is 0.454 e. The smallest absolute Gasteiger partial charge is 0.278 e. The van der Waals surface area contributed by atoms with Crippen LogP contribution in [0, 0.1) is 5.82 Å². The number of anilines is 1. The van der Waals surface area contributed by atoms with Gasteiger partial charge in [-0.15, -0.1) is 0 Å². The summed E-state index contributed by atoms with van der Waals surface area (Å²) < 4.78 is 24.0. The minimum atomic E-state index is -0.408. The second-order valence-electron chi connectivity index (χ2n) is 6.57. The van der Waals surface area contributed by atoms with Crippen molar-refractivity contribution in [2.24, 2.45) is 0 Å². The molecule has 2 heterocycles. The minimum Gasteiger partial charge on any atom is -0.454 e. The van der Waals surface area contributed by atoms with Crippen LogP contribution in [0.2, 0.25) is 0 Å². The van der Waals surface area contributed by atoms with E-state index >= 15 is 0 Å². The first kappa shape index (κ1) is 18.0. The Kier molecular flexibility index (Phi) is 4.73. The number of hydrogen-bond acceptors (Lipinski definition) is 5. The molecule has 144 valence electrons. The first-order valence-electron chi connectivity index (χ1n) is 9.11. The standard InChI is InChI=1S/C21H19FN2O4/c1-2-3-10-24-20(25)18(13-4-6-14(22)7-5-13)19(21(24)26)23-15-8-9-16-17(11-15)28-12-27-16/h4-9,11,23H,2-3,10,12H2,1H3. The highest BCUT2D eigenvalue weighted by Crippen LogP contribution is 2.36. The number of imide groups is 1. The average molecular weight is 382 g/mol. The number of hydrogen-bond donors (Lipinski definition) is 1. The molecule has 0 aromatic heterocycles. The van der Waals surface area contributed by atoms with Crippen LogP contribution in [0.4, 0.5) is 10.1 Å². The first-order valence-corrected chi connectivity index (χ1v) is 9.11. The van der Waals surface area contributed by atoms with E-state index in [1.54, 1.807) is 18.2 Å². The molecule has 0 saturated heterocycles. The molecule has 2 aliphatic rings. The highest BCUT2D eigenvalue weighted by atomic mass is 19.1. The van der Waals surface area contributed by atoms with Gasteiger partial charge >= 0.3 is 0 Å². The number of nitrogens with zero attached hydrogens (tertiary/aromatic N) is 1. The van der Waals surface area contributed by atoms with Gasteiger partial charge in [-0.3, -0.25) is 14.5 Å². The minimum absolute atomic E-state index is 0.143. The third kappa shape index (κ3) is 3.19. The summed E-state index contributed by atoms with van der Waals surface area (Å²) in [7, 11) is 0. The van der Waals surface area contributed by atoms with Crippen LogP contribution in [-0.2, 0) is 9.59 Å². The fourth-order valence-corrected chi connectivity index (χ4v) is 3.21. The van der Waals surface area contributed by atoms with Crippen LogP contribution in [0.25, 0.3) is 5.57 Å². The van der Waals surface area contributed by atoms with E-state index < -0.39 is 11.7 Å². The fraction of sp³-hybridized carbons (Fsp3) is 0.238. The summed E-state index contributed by atoms with van der Waals surface area (Å²) >= 11 is 0. The summed E-state index contributed by atoms with van der Waals surface area (Å²) in [5, 5.41) is 3.06. The number of nitrogens with one attached hydrogen (secondary N) is 1. The van der Waals surface area contributed by atoms with Crippen molar-refractivity contribution in [2.75, 3.05) is 18.7 Å². The Balaban J connectivity index is 1.72. The van der Waals surface area contributed by atoms with E-state index in [4.69, 9.17) is 9.47 Å². The number of benzene rings is 2. The number of unbranched alkanes of at least 4 members (excludes halogenated alkanes) is 1. The van der Waals surface area contributed by atoms with Crippen molar-refractivity contribution in [2.45, 2.75) is 19.8 Å². The van der Waals surface area contributed by atoms with E-state index in [0.717, 1.165) is 6.42 Å². The van der Waals surface area contributed by atoms with Crippen LogP contribution in [0.5, 0.6) is 11.5 Å². The second-order valence-corrected chi connectivity index (χ2v) is 6.57. The predicted molar refractivity (Wildman–Crippen MR) is 101 cm³/mol. The van der Waals surface area contributed by atoms with Crippen molar-refractivity contribution in [3.8, 4) is 11.5 Å². The number of carbonyl (C=O) groups is 2. The van der Waals surface area contributed by atoms with Gasteiger partial charge in [0.05, 0.1) is 5.57 Å². The van der Waals surface area contributed by atoms with Gasteiger partial charge in [0.2, 0.25) is 6.79 Å². The SMILES string of the molecule is CCCCN1C(=O)C(Nc2ccc3c(c2)OCO3)=C(c2ccc(F)cc2)C1=O. The summed E-state index contributed by atoms with van der Waals surface area (Å²) in [5.41, 5.74) is 1.49. The van der Waals surface area contributed by atoms with Crippen LogP contribution in [0.15, 0.2) is 48.2 Å². The highest BCUT2D eigenvalue weighted by Gasteiger charge is 2.38. The number of halogens is 1. The third-order valence-corrected chi connectivity index (χ3v) is 4.68. The Morgan fingerprint density at radius 2 is 1.79 bits per heavy atom.